The van der Waals surface area contributed by atoms with Crippen LogP contribution in [0.1, 0.15) is 18.4 Å². The topological polar surface area (TPSA) is 107 Å². The molecule has 1 unspecified atom stereocenters. The third kappa shape index (κ3) is 4.26. The minimum Gasteiger partial charge on any atom is -0.392 e. The van der Waals surface area contributed by atoms with Gasteiger partial charge in [-0.15, -0.1) is 0 Å². The van der Waals surface area contributed by atoms with Gasteiger partial charge >= 0.3 is 0 Å². The van der Waals surface area contributed by atoms with Crippen molar-refractivity contribution in [3.63, 3.8) is 0 Å². The summed E-state index contributed by atoms with van der Waals surface area (Å²) in [5, 5.41) is 16.9. The van der Waals surface area contributed by atoms with Gasteiger partial charge in [0.1, 0.15) is 5.84 Å². The lowest BCUT2D eigenvalue weighted by molar-refractivity contribution is 0.0741. The number of piperidine rings is 1. The van der Waals surface area contributed by atoms with Crippen LogP contribution in [0.3, 0.4) is 0 Å². The maximum atomic E-state index is 12.3. The van der Waals surface area contributed by atoms with Crippen molar-refractivity contribution in [3.05, 3.63) is 29.8 Å². The zero-order chi connectivity index (χ0) is 15.5. The molecule has 1 atom stereocenters. The first-order chi connectivity index (χ1) is 9.88. The van der Waals surface area contributed by atoms with Crippen LogP contribution >= 0.6 is 0 Å². The molecule has 21 heavy (non-hydrogen) atoms. The number of nitrogens with two attached hydrogens (primary N) is 1. The van der Waals surface area contributed by atoms with Crippen molar-refractivity contribution in [3.8, 4) is 0 Å². The molecule has 0 aromatic heterocycles. The number of aliphatic hydroxyl groups is 1. The molecule has 2 rings (SSSR count). The fraction of sp³-hybridized carbons (Fsp3) is 0.500. The molecule has 0 saturated carbocycles. The maximum absolute atomic E-state index is 12.3. The molecule has 0 aliphatic carbocycles. The van der Waals surface area contributed by atoms with Crippen LogP contribution in [0.2, 0.25) is 0 Å². The Kier molecular flexibility index (Phi) is 4.97. The lowest BCUT2D eigenvalue weighted by Gasteiger charge is -2.29. The predicted molar refractivity (Wildman–Crippen MR) is 81.2 cm³/mol. The molecule has 7 heteroatoms. The fourth-order valence-corrected chi connectivity index (χ4v) is 3.73. The SMILES string of the molecule is N=C(N)c1ccc(S(=O)(=O)CCN2CCCC(O)C2)cc1. The highest BCUT2D eigenvalue weighted by Crippen LogP contribution is 2.14. The third-order valence-electron chi connectivity index (χ3n) is 3.68. The Morgan fingerprint density at radius 2 is 2.05 bits per heavy atom. The summed E-state index contributed by atoms with van der Waals surface area (Å²) >= 11 is 0. The van der Waals surface area contributed by atoms with Crippen LogP contribution in [0, 0.1) is 5.41 Å². The summed E-state index contributed by atoms with van der Waals surface area (Å²) in [6, 6.07) is 6.05. The van der Waals surface area contributed by atoms with Crippen molar-refractivity contribution in [2.45, 2.75) is 23.8 Å². The van der Waals surface area contributed by atoms with E-state index in [2.05, 4.69) is 0 Å². The van der Waals surface area contributed by atoms with E-state index in [-0.39, 0.29) is 22.6 Å². The van der Waals surface area contributed by atoms with Crippen LogP contribution in [0.15, 0.2) is 29.2 Å². The van der Waals surface area contributed by atoms with Crippen molar-refractivity contribution < 1.29 is 13.5 Å². The number of nitrogens with one attached hydrogen (secondary N) is 1. The van der Waals surface area contributed by atoms with E-state index in [9.17, 15) is 13.5 Å². The zero-order valence-corrected chi connectivity index (χ0v) is 12.6. The molecule has 1 aromatic rings. The number of aliphatic hydroxyl groups excluding tert-OH is 1. The van der Waals surface area contributed by atoms with Gasteiger partial charge in [-0.2, -0.15) is 0 Å². The van der Waals surface area contributed by atoms with Crippen LogP contribution < -0.4 is 5.73 Å². The normalized spacial score (nSPS) is 20.3. The first-order valence-corrected chi connectivity index (χ1v) is 8.61. The van der Waals surface area contributed by atoms with E-state index in [0.29, 0.717) is 18.7 Å². The van der Waals surface area contributed by atoms with Crippen LogP contribution in [0.25, 0.3) is 0 Å². The van der Waals surface area contributed by atoms with Gasteiger partial charge in [0.15, 0.2) is 9.84 Å². The van der Waals surface area contributed by atoms with Crippen molar-refractivity contribution in [2.75, 3.05) is 25.4 Å². The number of β-amino-alcohol motifs (C(OH)–C–C–N with tert-alkyl or cyclic N) is 1. The molecule has 0 spiro atoms. The standard InChI is InChI=1S/C14H21N3O3S/c15-14(16)11-3-5-13(6-4-11)21(19,20)9-8-17-7-1-2-12(18)10-17/h3-6,12,18H,1-2,7-10H2,(H3,15,16). The highest BCUT2D eigenvalue weighted by molar-refractivity contribution is 7.91. The first-order valence-electron chi connectivity index (χ1n) is 6.96. The van der Waals surface area contributed by atoms with Crippen molar-refractivity contribution in [1.82, 2.24) is 4.90 Å². The molecule has 4 N–H and O–H groups in total. The van der Waals surface area contributed by atoms with Gasteiger partial charge in [-0.3, -0.25) is 10.3 Å². The fourth-order valence-electron chi connectivity index (χ4n) is 2.44. The molecular weight excluding hydrogens is 290 g/mol. The minimum absolute atomic E-state index is 0.0269. The van der Waals surface area contributed by atoms with Gasteiger partial charge in [-0.1, -0.05) is 12.1 Å². The third-order valence-corrected chi connectivity index (χ3v) is 5.39. The van der Waals surface area contributed by atoms with E-state index < -0.39 is 9.84 Å². The number of amidine groups is 1. The monoisotopic (exact) mass is 311 g/mol. The molecule has 1 fully saturated rings. The van der Waals surface area contributed by atoms with Gasteiger partial charge in [0.25, 0.3) is 0 Å². The highest BCUT2D eigenvalue weighted by Gasteiger charge is 2.21. The summed E-state index contributed by atoms with van der Waals surface area (Å²) in [4.78, 5) is 2.22. The molecule has 1 saturated heterocycles. The predicted octanol–water partition coefficient (Wildman–Crippen LogP) is 0.201. The number of sulfone groups is 1. The second-order valence-corrected chi connectivity index (χ2v) is 7.46. The Labute approximate surface area is 125 Å². The Hall–Kier alpha value is -1.44. The Morgan fingerprint density at radius 1 is 1.38 bits per heavy atom. The smallest absolute Gasteiger partial charge is 0.179 e. The van der Waals surface area contributed by atoms with Crippen molar-refractivity contribution in [2.24, 2.45) is 5.73 Å². The van der Waals surface area contributed by atoms with E-state index in [1.807, 2.05) is 4.90 Å². The molecule has 1 aliphatic heterocycles. The molecule has 0 radical (unpaired) electrons. The van der Waals surface area contributed by atoms with Gasteiger partial charge in [-0.25, -0.2) is 8.42 Å². The number of hydrogen-bond donors (Lipinski definition) is 3. The Morgan fingerprint density at radius 3 is 2.62 bits per heavy atom. The second kappa shape index (κ2) is 6.55. The number of rotatable bonds is 5. The second-order valence-electron chi connectivity index (χ2n) is 5.35. The Bertz CT molecular complexity index is 598. The first kappa shape index (κ1) is 15.9. The maximum Gasteiger partial charge on any atom is 0.179 e. The largest absolute Gasteiger partial charge is 0.392 e. The summed E-state index contributed by atoms with van der Waals surface area (Å²) in [6.07, 6.45) is 1.33. The molecular formula is C14H21N3O3S. The lowest BCUT2D eigenvalue weighted by Crippen LogP contribution is -2.40. The van der Waals surface area contributed by atoms with Gasteiger partial charge in [0, 0.05) is 18.7 Å². The molecule has 0 amide bonds. The van der Waals surface area contributed by atoms with Crippen LogP contribution in [-0.4, -0.2) is 55.8 Å². The number of nitrogens with zero attached hydrogens (tertiary/aromatic N) is 1. The summed E-state index contributed by atoms with van der Waals surface area (Å²) in [7, 11) is -3.35. The molecule has 6 nitrogen and oxygen atoms in total. The number of likely N-dealkylation sites (tertiary alicyclic amines) is 1. The number of benzene rings is 1. The van der Waals surface area contributed by atoms with Crippen molar-refractivity contribution in [1.29, 1.82) is 5.41 Å². The minimum atomic E-state index is -3.35. The molecule has 1 heterocycles. The van der Waals surface area contributed by atoms with Gasteiger partial charge < -0.3 is 10.8 Å². The van der Waals surface area contributed by atoms with Gasteiger partial charge in [-0.05, 0) is 31.5 Å². The number of hydrogen-bond acceptors (Lipinski definition) is 5. The quantitative estimate of drug-likeness (QED) is 0.532. The Balaban J connectivity index is 1.99. The van der Waals surface area contributed by atoms with Crippen molar-refractivity contribution >= 4 is 15.7 Å². The summed E-state index contributed by atoms with van der Waals surface area (Å²) in [5.41, 5.74) is 5.85. The molecule has 1 aliphatic rings. The number of nitrogen functional groups attached to an aromatic ring is 1. The average molecular weight is 311 g/mol. The van der Waals surface area contributed by atoms with E-state index in [4.69, 9.17) is 11.1 Å². The van der Waals surface area contributed by atoms with Gasteiger partial charge in [0.05, 0.1) is 16.8 Å². The van der Waals surface area contributed by atoms with Crippen LogP contribution in [-0.2, 0) is 9.84 Å². The lowest BCUT2D eigenvalue weighted by atomic mass is 10.1. The molecule has 1 aromatic carbocycles. The van der Waals surface area contributed by atoms with E-state index in [0.717, 1.165) is 19.4 Å². The van der Waals surface area contributed by atoms with Crippen LogP contribution in [0.5, 0.6) is 0 Å². The summed E-state index contributed by atoms with van der Waals surface area (Å²) in [6.45, 7) is 1.79. The van der Waals surface area contributed by atoms with Gasteiger partial charge in [0.2, 0.25) is 0 Å². The average Bonchev–Trinajstić information content (AvgIpc) is 2.45. The molecule has 116 valence electrons. The van der Waals surface area contributed by atoms with E-state index in [1.165, 1.54) is 12.1 Å². The summed E-state index contributed by atoms with van der Waals surface area (Å²) in [5.74, 6) is -0.0553. The zero-order valence-electron chi connectivity index (χ0n) is 11.8. The molecule has 0 bridgehead atoms. The van der Waals surface area contributed by atoms with E-state index in [1.54, 1.807) is 12.1 Å². The summed E-state index contributed by atoms with van der Waals surface area (Å²) < 4.78 is 24.5. The highest BCUT2D eigenvalue weighted by atomic mass is 32.2. The van der Waals surface area contributed by atoms with Crippen LogP contribution in [0.4, 0.5) is 0 Å². The van der Waals surface area contributed by atoms with E-state index >= 15 is 0 Å².